The third-order valence-electron chi connectivity index (χ3n) is 4.43. The van der Waals surface area contributed by atoms with Gasteiger partial charge >= 0.3 is 5.97 Å². The van der Waals surface area contributed by atoms with E-state index in [-0.39, 0.29) is 31.1 Å². The van der Waals surface area contributed by atoms with Crippen LogP contribution < -0.4 is 14.3 Å². The monoisotopic (exact) mass is 362 g/mol. The minimum Gasteiger partial charge on any atom is -0.465 e. The molecular formula is C17H18N2O5S. The van der Waals surface area contributed by atoms with Gasteiger partial charge in [-0.1, -0.05) is 17.8 Å². The quantitative estimate of drug-likeness (QED) is 0.779. The van der Waals surface area contributed by atoms with E-state index in [9.17, 15) is 9.59 Å². The molecular weight excluding hydrogens is 344 g/mol. The molecule has 0 saturated heterocycles. The van der Waals surface area contributed by atoms with Gasteiger partial charge in [0, 0.05) is 18.1 Å². The van der Waals surface area contributed by atoms with Crippen molar-refractivity contribution in [2.45, 2.75) is 32.7 Å². The summed E-state index contributed by atoms with van der Waals surface area (Å²) < 4.78 is 18.5. The number of hydrogen-bond acceptors (Lipinski definition) is 6. The van der Waals surface area contributed by atoms with Crippen LogP contribution in [0, 0.1) is 5.92 Å². The number of aromatic nitrogens is 1. The van der Waals surface area contributed by atoms with Gasteiger partial charge in [-0.15, -0.1) is 0 Å². The van der Waals surface area contributed by atoms with Crippen LogP contribution in [-0.2, 0) is 20.9 Å². The molecule has 2 aliphatic rings. The fourth-order valence-corrected chi connectivity index (χ4v) is 3.92. The van der Waals surface area contributed by atoms with Crippen molar-refractivity contribution in [3.05, 3.63) is 16.9 Å². The zero-order chi connectivity index (χ0) is 17.4. The summed E-state index contributed by atoms with van der Waals surface area (Å²) in [6.07, 6.45) is 2.85. The maximum Gasteiger partial charge on any atom is 0.326 e. The van der Waals surface area contributed by atoms with Gasteiger partial charge in [0.1, 0.15) is 6.54 Å². The average Bonchev–Trinajstić information content (AvgIpc) is 3.08. The molecule has 25 heavy (non-hydrogen) atoms. The Labute approximate surface area is 147 Å². The molecule has 1 aromatic carbocycles. The van der Waals surface area contributed by atoms with Crippen molar-refractivity contribution < 1.29 is 23.8 Å². The zero-order valence-corrected chi connectivity index (χ0v) is 14.6. The fraction of sp³-hybridized carbons (Fsp3) is 0.471. The van der Waals surface area contributed by atoms with Gasteiger partial charge in [-0.05, 0) is 19.8 Å². The third-order valence-corrected chi connectivity index (χ3v) is 5.47. The van der Waals surface area contributed by atoms with E-state index < -0.39 is 0 Å². The first-order chi connectivity index (χ1) is 12.2. The van der Waals surface area contributed by atoms with Crippen LogP contribution in [0.5, 0.6) is 11.5 Å². The van der Waals surface area contributed by atoms with E-state index in [1.165, 1.54) is 11.3 Å². The van der Waals surface area contributed by atoms with Crippen molar-refractivity contribution in [3.8, 4) is 11.5 Å². The Morgan fingerprint density at radius 3 is 2.76 bits per heavy atom. The standard InChI is InChI=1S/C17H18N2O5S/c1-2-22-15(20)8-19-11-6-12-13(24-9-23-12)7-14(11)25-17(19)18-16(21)10-4-3-5-10/h6-7,10H,2-5,8-9H2,1H3. The predicted molar refractivity (Wildman–Crippen MR) is 90.5 cm³/mol. The van der Waals surface area contributed by atoms with Gasteiger partial charge in [0.2, 0.25) is 6.79 Å². The molecule has 0 N–H and O–H groups in total. The summed E-state index contributed by atoms with van der Waals surface area (Å²) in [5.74, 6) is 0.819. The SMILES string of the molecule is CCOC(=O)Cn1c(=NC(=O)C2CCC2)sc2cc3c(cc21)OCO3. The first kappa shape index (κ1) is 16.1. The highest BCUT2D eigenvalue weighted by Gasteiger charge is 2.25. The van der Waals surface area contributed by atoms with Crippen molar-refractivity contribution in [3.63, 3.8) is 0 Å². The van der Waals surface area contributed by atoms with Gasteiger partial charge in [0.15, 0.2) is 16.3 Å². The Balaban J connectivity index is 1.80. The summed E-state index contributed by atoms with van der Waals surface area (Å²) in [6.45, 7) is 2.26. The number of thiazole rings is 1. The Hall–Kier alpha value is -2.35. The van der Waals surface area contributed by atoms with E-state index in [1.54, 1.807) is 11.5 Å². The maximum absolute atomic E-state index is 12.3. The van der Waals surface area contributed by atoms with E-state index >= 15 is 0 Å². The summed E-state index contributed by atoms with van der Waals surface area (Å²) in [4.78, 5) is 29.1. The third kappa shape index (κ3) is 3.02. The number of nitrogens with zero attached hydrogens (tertiary/aromatic N) is 2. The van der Waals surface area contributed by atoms with E-state index in [0.717, 1.165) is 29.5 Å². The lowest BCUT2D eigenvalue weighted by atomic mass is 9.85. The van der Waals surface area contributed by atoms with Crippen molar-refractivity contribution in [2.75, 3.05) is 13.4 Å². The molecule has 0 bridgehead atoms. The minimum absolute atomic E-state index is 0.00423. The first-order valence-corrected chi connectivity index (χ1v) is 9.14. The molecule has 1 amide bonds. The largest absolute Gasteiger partial charge is 0.465 e. The van der Waals surface area contributed by atoms with E-state index in [0.29, 0.717) is 22.9 Å². The predicted octanol–water partition coefficient (Wildman–Crippen LogP) is 2.22. The molecule has 2 aromatic rings. The van der Waals surface area contributed by atoms with Gasteiger partial charge in [-0.25, -0.2) is 0 Å². The normalized spacial score (nSPS) is 16.9. The van der Waals surface area contributed by atoms with E-state index in [1.807, 2.05) is 12.1 Å². The minimum atomic E-state index is -0.364. The second-order valence-corrected chi connectivity index (χ2v) is 7.04. The van der Waals surface area contributed by atoms with Crippen LogP contribution in [0.1, 0.15) is 26.2 Å². The number of benzene rings is 1. The molecule has 0 atom stereocenters. The number of carbonyl (C=O) groups is 2. The van der Waals surface area contributed by atoms with Crippen LogP contribution in [-0.4, -0.2) is 29.8 Å². The van der Waals surface area contributed by atoms with Crippen molar-refractivity contribution >= 4 is 33.4 Å². The molecule has 0 unspecified atom stereocenters. The smallest absolute Gasteiger partial charge is 0.326 e. The Bertz CT molecular complexity index is 910. The van der Waals surface area contributed by atoms with E-state index in [2.05, 4.69) is 4.99 Å². The van der Waals surface area contributed by atoms with Gasteiger partial charge in [0.25, 0.3) is 5.91 Å². The molecule has 1 saturated carbocycles. The molecule has 1 aromatic heterocycles. The Morgan fingerprint density at radius 1 is 1.32 bits per heavy atom. The van der Waals surface area contributed by atoms with Gasteiger partial charge in [0.05, 0.1) is 16.8 Å². The molecule has 1 fully saturated rings. The van der Waals surface area contributed by atoms with Gasteiger partial charge in [-0.3, -0.25) is 9.59 Å². The van der Waals surface area contributed by atoms with Crippen LogP contribution in [0.2, 0.25) is 0 Å². The number of esters is 1. The summed E-state index contributed by atoms with van der Waals surface area (Å²) in [7, 11) is 0. The molecule has 1 aliphatic heterocycles. The molecule has 2 heterocycles. The lowest BCUT2D eigenvalue weighted by Crippen LogP contribution is -2.26. The second kappa shape index (κ2) is 6.51. The van der Waals surface area contributed by atoms with Gasteiger partial charge < -0.3 is 18.8 Å². The van der Waals surface area contributed by atoms with Crippen LogP contribution >= 0.6 is 11.3 Å². The van der Waals surface area contributed by atoms with Crippen molar-refractivity contribution in [1.82, 2.24) is 4.57 Å². The van der Waals surface area contributed by atoms with Crippen LogP contribution in [0.25, 0.3) is 10.2 Å². The number of ether oxygens (including phenoxy) is 3. The van der Waals surface area contributed by atoms with Gasteiger partial charge in [-0.2, -0.15) is 4.99 Å². The molecule has 4 rings (SSSR count). The average molecular weight is 362 g/mol. The van der Waals surface area contributed by atoms with Crippen LogP contribution in [0.3, 0.4) is 0 Å². The summed E-state index contributed by atoms with van der Waals surface area (Å²) in [5.41, 5.74) is 0.780. The highest BCUT2D eigenvalue weighted by molar-refractivity contribution is 7.16. The van der Waals surface area contributed by atoms with Crippen molar-refractivity contribution in [1.29, 1.82) is 0 Å². The lowest BCUT2D eigenvalue weighted by Gasteiger charge is -2.20. The Kier molecular flexibility index (Phi) is 4.20. The number of amides is 1. The number of fused-ring (bicyclic) bond motifs is 2. The summed E-state index contributed by atoms with van der Waals surface area (Å²) in [6, 6.07) is 3.68. The lowest BCUT2D eigenvalue weighted by molar-refractivity contribution is -0.143. The van der Waals surface area contributed by atoms with Crippen LogP contribution in [0.15, 0.2) is 17.1 Å². The number of hydrogen-bond donors (Lipinski definition) is 0. The first-order valence-electron chi connectivity index (χ1n) is 8.33. The maximum atomic E-state index is 12.3. The zero-order valence-electron chi connectivity index (χ0n) is 13.8. The molecule has 0 spiro atoms. The Morgan fingerprint density at radius 2 is 2.08 bits per heavy atom. The molecule has 7 nitrogen and oxygen atoms in total. The molecule has 132 valence electrons. The number of carbonyl (C=O) groups excluding carboxylic acids is 2. The molecule has 1 aliphatic carbocycles. The highest BCUT2D eigenvalue weighted by atomic mass is 32.1. The van der Waals surface area contributed by atoms with Crippen molar-refractivity contribution in [2.24, 2.45) is 10.9 Å². The second-order valence-electron chi connectivity index (χ2n) is 6.03. The highest BCUT2D eigenvalue weighted by Crippen LogP contribution is 2.37. The van der Waals surface area contributed by atoms with Crippen LogP contribution in [0.4, 0.5) is 0 Å². The molecule has 8 heteroatoms. The summed E-state index contributed by atoms with van der Waals surface area (Å²) >= 11 is 1.36. The fourth-order valence-electron chi connectivity index (χ4n) is 2.87. The summed E-state index contributed by atoms with van der Waals surface area (Å²) in [5, 5.41) is 0. The molecule has 0 radical (unpaired) electrons. The number of rotatable bonds is 4. The topological polar surface area (TPSA) is 79.1 Å². The van der Waals surface area contributed by atoms with E-state index in [4.69, 9.17) is 14.2 Å².